The number of nitrogen functional groups attached to an aromatic ring is 1. The molecule has 0 aliphatic heterocycles. The van der Waals surface area contributed by atoms with Crippen molar-refractivity contribution in [1.29, 1.82) is 0 Å². The first-order valence-corrected chi connectivity index (χ1v) is 10.6. The molecule has 0 spiro atoms. The van der Waals surface area contributed by atoms with Crippen LogP contribution in [0.25, 0.3) is 21.5 Å². The second kappa shape index (κ2) is 7.59. The van der Waals surface area contributed by atoms with E-state index in [4.69, 9.17) is 10.7 Å². The normalized spacial score (nSPS) is 11.1. The number of ketones is 3. The second-order valence-electron chi connectivity index (χ2n) is 7.51. The van der Waals surface area contributed by atoms with E-state index in [0.717, 1.165) is 5.56 Å². The number of nitrogens with zero attached hydrogens (tertiary/aromatic N) is 1. The van der Waals surface area contributed by atoms with Gasteiger partial charge in [0.15, 0.2) is 11.6 Å². The van der Waals surface area contributed by atoms with Crippen LogP contribution in [0, 0.1) is 13.8 Å². The molecule has 4 rings (SSSR count). The van der Waals surface area contributed by atoms with Crippen molar-refractivity contribution in [2.45, 2.75) is 27.7 Å². The van der Waals surface area contributed by atoms with Crippen molar-refractivity contribution in [2.24, 2.45) is 0 Å². The van der Waals surface area contributed by atoms with E-state index in [9.17, 15) is 14.4 Å². The number of nitrogens with two attached hydrogens (primary N) is 1. The van der Waals surface area contributed by atoms with Gasteiger partial charge in [-0.25, -0.2) is 4.98 Å². The summed E-state index contributed by atoms with van der Waals surface area (Å²) in [6.07, 6.45) is 0. The Morgan fingerprint density at radius 2 is 1.71 bits per heavy atom. The SMILES string of the molecule is CC(=O)c1cc2c(N)c(C(=O)c3[nH]c(C)c(C(C)=O)c3C)sc2nc1-c1ccccc1. The molecular weight excluding hydrogens is 410 g/mol. The fraction of sp³-hybridized carbons (Fsp3) is 0.167. The van der Waals surface area contributed by atoms with Gasteiger partial charge in [0, 0.05) is 27.8 Å². The van der Waals surface area contributed by atoms with E-state index in [2.05, 4.69) is 4.98 Å². The fourth-order valence-corrected chi connectivity index (χ4v) is 4.94. The second-order valence-corrected chi connectivity index (χ2v) is 8.51. The molecule has 31 heavy (non-hydrogen) atoms. The van der Waals surface area contributed by atoms with E-state index in [-0.39, 0.29) is 23.0 Å². The molecule has 0 aliphatic carbocycles. The molecule has 0 radical (unpaired) electrons. The maximum Gasteiger partial charge on any atom is 0.221 e. The molecule has 7 heteroatoms. The smallest absolute Gasteiger partial charge is 0.221 e. The molecule has 4 aromatic rings. The van der Waals surface area contributed by atoms with Crippen LogP contribution in [0.15, 0.2) is 36.4 Å². The Balaban J connectivity index is 1.91. The molecule has 0 saturated carbocycles. The molecule has 0 fully saturated rings. The van der Waals surface area contributed by atoms with Crippen LogP contribution in [-0.2, 0) is 0 Å². The van der Waals surface area contributed by atoms with Crippen LogP contribution in [0.5, 0.6) is 0 Å². The summed E-state index contributed by atoms with van der Waals surface area (Å²) in [6, 6.07) is 11.1. The molecule has 1 aromatic carbocycles. The first-order valence-electron chi connectivity index (χ1n) is 9.74. The third-order valence-electron chi connectivity index (χ3n) is 5.37. The summed E-state index contributed by atoms with van der Waals surface area (Å²) < 4.78 is 0. The lowest BCUT2D eigenvalue weighted by Gasteiger charge is -2.07. The van der Waals surface area contributed by atoms with Crippen molar-refractivity contribution < 1.29 is 14.4 Å². The molecule has 3 aromatic heterocycles. The lowest BCUT2D eigenvalue weighted by atomic mass is 10.0. The molecule has 156 valence electrons. The Labute approximate surface area is 183 Å². The fourth-order valence-electron chi connectivity index (χ4n) is 3.91. The highest BCUT2D eigenvalue weighted by Crippen LogP contribution is 2.38. The lowest BCUT2D eigenvalue weighted by Crippen LogP contribution is -2.05. The minimum absolute atomic E-state index is 0.102. The molecule has 6 nitrogen and oxygen atoms in total. The Morgan fingerprint density at radius 1 is 1.03 bits per heavy atom. The molecule has 0 unspecified atom stereocenters. The molecule has 0 atom stereocenters. The van der Waals surface area contributed by atoms with Crippen LogP contribution in [0.4, 0.5) is 5.69 Å². The van der Waals surface area contributed by atoms with Gasteiger partial charge in [0.1, 0.15) is 9.71 Å². The van der Waals surface area contributed by atoms with Gasteiger partial charge in [-0.3, -0.25) is 14.4 Å². The van der Waals surface area contributed by atoms with E-state index in [1.54, 1.807) is 19.9 Å². The maximum absolute atomic E-state index is 13.3. The van der Waals surface area contributed by atoms with E-state index in [0.29, 0.717) is 48.9 Å². The Bertz CT molecular complexity index is 1380. The Morgan fingerprint density at radius 3 is 2.29 bits per heavy atom. The number of benzene rings is 1. The van der Waals surface area contributed by atoms with Crippen molar-refractivity contribution in [3.05, 3.63) is 69.4 Å². The number of hydrogen-bond acceptors (Lipinski definition) is 6. The zero-order valence-electron chi connectivity index (χ0n) is 17.6. The van der Waals surface area contributed by atoms with E-state index in [1.165, 1.54) is 25.2 Å². The van der Waals surface area contributed by atoms with Gasteiger partial charge < -0.3 is 10.7 Å². The number of pyridine rings is 1. The number of carbonyl (C=O) groups is 3. The van der Waals surface area contributed by atoms with Crippen molar-refractivity contribution in [1.82, 2.24) is 9.97 Å². The summed E-state index contributed by atoms with van der Waals surface area (Å²) in [5.74, 6) is -0.525. The number of fused-ring (bicyclic) bond motifs is 1. The van der Waals surface area contributed by atoms with Gasteiger partial charge in [-0.15, -0.1) is 11.3 Å². The van der Waals surface area contributed by atoms with Crippen molar-refractivity contribution in [3.63, 3.8) is 0 Å². The number of aromatic nitrogens is 2. The summed E-state index contributed by atoms with van der Waals surface area (Å²) in [6.45, 7) is 6.47. The van der Waals surface area contributed by atoms with Crippen LogP contribution < -0.4 is 5.73 Å². The monoisotopic (exact) mass is 431 g/mol. The highest BCUT2D eigenvalue weighted by molar-refractivity contribution is 7.21. The van der Waals surface area contributed by atoms with Gasteiger partial charge in [-0.1, -0.05) is 30.3 Å². The third-order valence-corrected chi connectivity index (χ3v) is 6.48. The first kappa shape index (κ1) is 20.7. The number of Topliss-reactive ketones (excluding diaryl/α,β-unsaturated/α-hetero) is 2. The molecule has 0 aliphatic rings. The van der Waals surface area contributed by atoms with Gasteiger partial charge in [-0.2, -0.15) is 0 Å². The topological polar surface area (TPSA) is 106 Å². The third kappa shape index (κ3) is 3.37. The molecule has 0 amide bonds. The van der Waals surface area contributed by atoms with Gasteiger partial charge in [0.25, 0.3) is 0 Å². The zero-order valence-corrected chi connectivity index (χ0v) is 18.4. The van der Waals surface area contributed by atoms with E-state index in [1.807, 2.05) is 30.3 Å². The summed E-state index contributed by atoms with van der Waals surface area (Å²) in [5, 5.41) is 0.575. The number of aryl methyl sites for hydroxylation is 1. The predicted molar refractivity (Wildman–Crippen MR) is 123 cm³/mol. The summed E-state index contributed by atoms with van der Waals surface area (Å²) in [4.78, 5) is 46.2. The number of nitrogens with one attached hydrogen (secondary N) is 1. The van der Waals surface area contributed by atoms with Crippen LogP contribution in [0.2, 0.25) is 0 Å². The zero-order chi connectivity index (χ0) is 22.4. The number of hydrogen-bond donors (Lipinski definition) is 2. The first-order chi connectivity index (χ1) is 14.7. The molecule has 3 heterocycles. The van der Waals surface area contributed by atoms with Gasteiger partial charge in [0.2, 0.25) is 5.78 Å². The van der Waals surface area contributed by atoms with Gasteiger partial charge in [0.05, 0.1) is 17.1 Å². The Kier molecular flexibility index (Phi) is 5.07. The lowest BCUT2D eigenvalue weighted by molar-refractivity contribution is 0.100. The minimum atomic E-state index is -0.292. The van der Waals surface area contributed by atoms with Crippen LogP contribution >= 0.6 is 11.3 Å². The van der Waals surface area contributed by atoms with Gasteiger partial charge in [-0.05, 0) is 39.3 Å². The minimum Gasteiger partial charge on any atom is -0.397 e. The summed E-state index contributed by atoms with van der Waals surface area (Å²) in [7, 11) is 0. The maximum atomic E-state index is 13.3. The number of thiophene rings is 1. The number of rotatable bonds is 5. The van der Waals surface area contributed by atoms with Crippen molar-refractivity contribution in [3.8, 4) is 11.3 Å². The van der Waals surface area contributed by atoms with Crippen LogP contribution in [0.1, 0.15) is 61.2 Å². The largest absolute Gasteiger partial charge is 0.397 e. The summed E-state index contributed by atoms with van der Waals surface area (Å²) in [5.41, 5.74) is 10.6. The molecule has 3 N–H and O–H groups in total. The Hall–Kier alpha value is -3.58. The van der Waals surface area contributed by atoms with E-state index >= 15 is 0 Å². The van der Waals surface area contributed by atoms with Gasteiger partial charge >= 0.3 is 0 Å². The highest BCUT2D eigenvalue weighted by Gasteiger charge is 2.26. The number of H-pyrrole nitrogens is 1. The molecule has 0 saturated heterocycles. The number of anilines is 1. The van der Waals surface area contributed by atoms with Crippen molar-refractivity contribution >= 4 is 44.6 Å². The average Bonchev–Trinajstić information content (AvgIpc) is 3.22. The van der Waals surface area contributed by atoms with E-state index < -0.39 is 0 Å². The van der Waals surface area contributed by atoms with Crippen LogP contribution in [0.3, 0.4) is 0 Å². The number of aromatic amines is 1. The highest BCUT2D eigenvalue weighted by atomic mass is 32.1. The molecule has 0 bridgehead atoms. The number of carbonyl (C=O) groups excluding carboxylic acids is 3. The average molecular weight is 432 g/mol. The quantitative estimate of drug-likeness (QED) is 0.426. The predicted octanol–water partition coefficient (Wildman–Crippen LogP) is 5.13. The summed E-state index contributed by atoms with van der Waals surface area (Å²) >= 11 is 1.19. The van der Waals surface area contributed by atoms with Crippen LogP contribution in [-0.4, -0.2) is 27.3 Å². The molecular formula is C24H21N3O3S. The van der Waals surface area contributed by atoms with Crippen molar-refractivity contribution in [2.75, 3.05) is 5.73 Å². The standard InChI is InChI=1S/C24H21N3O3S/c1-11-18(14(4)29)12(2)26-20(11)22(30)23-19(25)17-10-16(13(3)28)21(27-24(17)31-23)15-8-6-5-7-9-15/h5-10,26H,25H2,1-4H3.